The summed E-state index contributed by atoms with van der Waals surface area (Å²) in [6, 6.07) is 8.86. The summed E-state index contributed by atoms with van der Waals surface area (Å²) >= 11 is 1.49. The van der Waals surface area contributed by atoms with Gasteiger partial charge in [-0.25, -0.2) is 14.8 Å². The number of carbonyl (C=O) groups is 2. The van der Waals surface area contributed by atoms with Gasteiger partial charge in [0.2, 0.25) is 5.91 Å². The van der Waals surface area contributed by atoms with E-state index >= 15 is 0 Å². The van der Waals surface area contributed by atoms with E-state index in [4.69, 9.17) is 5.11 Å². The second-order valence-electron chi connectivity index (χ2n) is 6.44. The zero-order valence-corrected chi connectivity index (χ0v) is 16.2. The van der Waals surface area contributed by atoms with E-state index < -0.39 is 5.97 Å². The Balaban J connectivity index is 1.68. The normalized spacial score (nSPS) is 14.3. The van der Waals surface area contributed by atoms with E-state index in [2.05, 4.69) is 14.9 Å². The van der Waals surface area contributed by atoms with E-state index in [0.29, 0.717) is 24.0 Å². The molecule has 0 radical (unpaired) electrons. The highest BCUT2D eigenvalue weighted by Gasteiger charge is 2.20. The Labute approximate surface area is 162 Å². The van der Waals surface area contributed by atoms with Crippen molar-refractivity contribution in [3.8, 4) is 0 Å². The Kier molecular flexibility index (Phi) is 5.95. The van der Waals surface area contributed by atoms with E-state index in [9.17, 15) is 9.59 Å². The summed E-state index contributed by atoms with van der Waals surface area (Å²) in [5.41, 5.74) is 2.08. The first-order valence-electron chi connectivity index (χ1n) is 8.73. The first kappa shape index (κ1) is 19.2. The predicted octanol–water partition coefficient (Wildman–Crippen LogP) is 2.44. The number of aromatic nitrogens is 2. The quantitative estimate of drug-likeness (QED) is 0.624. The number of carboxylic acids is 1. The molecule has 1 aromatic heterocycles. The molecule has 1 amide bonds. The number of aromatic carboxylic acids is 1. The highest BCUT2D eigenvalue weighted by molar-refractivity contribution is 7.98. The van der Waals surface area contributed by atoms with Crippen molar-refractivity contribution in [1.82, 2.24) is 14.9 Å². The minimum Gasteiger partial charge on any atom is -0.478 e. The first-order valence-corrected chi connectivity index (χ1v) is 9.72. The monoisotopic (exact) mass is 386 g/mol. The van der Waals surface area contributed by atoms with Crippen LogP contribution in [0.3, 0.4) is 0 Å². The standard InChI is InChI=1S/C19H22N4O3S/c1-13-10-17(23-8-6-22(7-9-23)14(2)24)21-19(20-13)27-12-15-4-3-5-16(11-15)18(25)26/h3-5,10-11H,6-9,12H2,1-2H3,(H,25,26). The van der Waals surface area contributed by atoms with Gasteiger partial charge in [0.1, 0.15) is 5.82 Å². The zero-order chi connectivity index (χ0) is 19.4. The van der Waals surface area contributed by atoms with Crippen LogP contribution in [-0.4, -0.2) is 58.0 Å². The van der Waals surface area contributed by atoms with Crippen molar-refractivity contribution in [2.24, 2.45) is 0 Å². The summed E-state index contributed by atoms with van der Waals surface area (Å²) in [6.07, 6.45) is 0. The summed E-state index contributed by atoms with van der Waals surface area (Å²) in [6.45, 7) is 6.43. The van der Waals surface area contributed by atoms with Crippen LogP contribution in [0, 0.1) is 6.92 Å². The van der Waals surface area contributed by atoms with Gasteiger partial charge in [0.15, 0.2) is 5.16 Å². The Morgan fingerprint density at radius 3 is 2.56 bits per heavy atom. The van der Waals surface area contributed by atoms with Crippen LogP contribution >= 0.6 is 11.8 Å². The number of nitrogens with zero attached hydrogens (tertiary/aromatic N) is 4. The molecule has 8 heteroatoms. The van der Waals surface area contributed by atoms with Gasteiger partial charge in [0.05, 0.1) is 5.56 Å². The van der Waals surface area contributed by atoms with Crippen molar-refractivity contribution in [3.63, 3.8) is 0 Å². The molecule has 0 bridgehead atoms. The smallest absolute Gasteiger partial charge is 0.335 e. The number of benzene rings is 1. The van der Waals surface area contributed by atoms with Crippen molar-refractivity contribution in [3.05, 3.63) is 47.2 Å². The molecule has 142 valence electrons. The summed E-state index contributed by atoms with van der Waals surface area (Å²) < 4.78 is 0. The molecule has 2 heterocycles. The van der Waals surface area contributed by atoms with Gasteiger partial charge in [-0.1, -0.05) is 23.9 Å². The van der Waals surface area contributed by atoms with Crippen LogP contribution in [0.15, 0.2) is 35.5 Å². The van der Waals surface area contributed by atoms with E-state index in [-0.39, 0.29) is 11.5 Å². The minimum absolute atomic E-state index is 0.105. The molecule has 1 aliphatic heterocycles. The van der Waals surface area contributed by atoms with Gasteiger partial charge < -0.3 is 14.9 Å². The fourth-order valence-electron chi connectivity index (χ4n) is 2.94. The number of rotatable bonds is 5. The SMILES string of the molecule is CC(=O)N1CCN(c2cc(C)nc(SCc3cccc(C(=O)O)c3)n2)CC1. The molecule has 0 aliphatic carbocycles. The van der Waals surface area contributed by atoms with Crippen molar-refractivity contribution >= 4 is 29.5 Å². The summed E-state index contributed by atoms with van der Waals surface area (Å²) in [7, 11) is 0. The maximum atomic E-state index is 11.5. The molecule has 0 saturated carbocycles. The molecule has 2 aromatic rings. The number of hydrogen-bond donors (Lipinski definition) is 1. The van der Waals surface area contributed by atoms with Crippen LogP contribution in [0.2, 0.25) is 0 Å². The number of hydrogen-bond acceptors (Lipinski definition) is 6. The fourth-order valence-corrected chi connectivity index (χ4v) is 3.79. The van der Waals surface area contributed by atoms with E-state index in [1.165, 1.54) is 11.8 Å². The molecule has 1 fully saturated rings. The number of carbonyl (C=O) groups excluding carboxylic acids is 1. The molecule has 0 atom stereocenters. The van der Waals surface area contributed by atoms with Gasteiger partial charge in [0.25, 0.3) is 0 Å². The van der Waals surface area contributed by atoms with E-state index in [1.54, 1.807) is 25.1 Å². The lowest BCUT2D eigenvalue weighted by molar-refractivity contribution is -0.129. The maximum absolute atomic E-state index is 11.5. The van der Waals surface area contributed by atoms with Crippen molar-refractivity contribution < 1.29 is 14.7 Å². The second kappa shape index (κ2) is 8.39. The molecule has 1 aliphatic rings. The van der Waals surface area contributed by atoms with E-state index in [0.717, 1.165) is 30.2 Å². The van der Waals surface area contributed by atoms with Crippen molar-refractivity contribution in [2.45, 2.75) is 24.8 Å². The van der Waals surface area contributed by atoms with Crippen LogP contribution in [0.1, 0.15) is 28.5 Å². The minimum atomic E-state index is -0.930. The number of piperazine rings is 1. The van der Waals surface area contributed by atoms with Crippen LogP contribution in [0.25, 0.3) is 0 Å². The zero-order valence-electron chi connectivity index (χ0n) is 15.4. The lowest BCUT2D eigenvalue weighted by Crippen LogP contribution is -2.48. The van der Waals surface area contributed by atoms with Crippen LogP contribution < -0.4 is 4.90 Å². The lowest BCUT2D eigenvalue weighted by Gasteiger charge is -2.35. The average molecular weight is 386 g/mol. The Hall–Kier alpha value is -2.61. The number of thioether (sulfide) groups is 1. The number of carboxylic acid groups (broad SMARTS) is 1. The topological polar surface area (TPSA) is 86.6 Å². The van der Waals surface area contributed by atoms with Gasteiger partial charge in [-0.3, -0.25) is 4.79 Å². The largest absolute Gasteiger partial charge is 0.478 e. The Morgan fingerprint density at radius 1 is 1.15 bits per heavy atom. The maximum Gasteiger partial charge on any atom is 0.335 e. The van der Waals surface area contributed by atoms with Crippen LogP contribution in [0.5, 0.6) is 0 Å². The van der Waals surface area contributed by atoms with Crippen LogP contribution in [-0.2, 0) is 10.5 Å². The van der Waals surface area contributed by atoms with Gasteiger partial charge in [-0.05, 0) is 24.6 Å². The Morgan fingerprint density at radius 2 is 1.89 bits per heavy atom. The third kappa shape index (κ3) is 4.97. The van der Waals surface area contributed by atoms with Gasteiger partial charge in [-0.15, -0.1) is 0 Å². The van der Waals surface area contributed by atoms with Gasteiger partial charge in [-0.2, -0.15) is 0 Å². The molecule has 1 N–H and O–H groups in total. The highest BCUT2D eigenvalue weighted by atomic mass is 32.2. The van der Waals surface area contributed by atoms with Crippen LogP contribution in [0.4, 0.5) is 5.82 Å². The third-order valence-corrected chi connectivity index (χ3v) is 5.33. The number of anilines is 1. The molecule has 1 aromatic carbocycles. The molecule has 0 unspecified atom stereocenters. The van der Waals surface area contributed by atoms with Gasteiger partial charge >= 0.3 is 5.97 Å². The molecular weight excluding hydrogens is 364 g/mol. The predicted molar refractivity (Wildman–Crippen MR) is 104 cm³/mol. The van der Waals surface area contributed by atoms with E-state index in [1.807, 2.05) is 24.0 Å². The Bertz CT molecular complexity index is 851. The molecule has 27 heavy (non-hydrogen) atoms. The molecule has 3 rings (SSSR count). The molecular formula is C19H22N4O3S. The summed E-state index contributed by atoms with van der Waals surface area (Å²) in [4.78, 5) is 35.7. The summed E-state index contributed by atoms with van der Waals surface area (Å²) in [5, 5.41) is 9.77. The number of aryl methyl sites for hydroxylation is 1. The number of amides is 1. The molecule has 1 saturated heterocycles. The summed E-state index contributed by atoms with van der Waals surface area (Å²) in [5.74, 6) is 0.642. The van der Waals surface area contributed by atoms with Crippen molar-refractivity contribution in [1.29, 1.82) is 0 Å². The highest BCUT2D eigenvalue weighted by Crippen LogP contribution is 2.24. The average Bonchev–Trinajstić information content (AvgIpc) is 2.66. The molecule has 7 nitrogen and oxygen atoms in total. The third-order valence-electron chi connectivity index (χ3n) is 4.41. The van der Waals surface area contributed by atoms with Gasteiger partial charge in [0, 0.05) is 50.6 Å². The molecule has 0 spiro atoms. The fraction of sp³-hybridized carbons (Fsp3) is 0.368. The first-order chi connectivity index (χ1) is 12.9. The lowest BCUT2D eigenvalue weighted by atomic mass is 10.1. The second-order valence-corrected chi connectivity index (χ2v) is 7.38. The van der Waals surface area contributed by atoms with Crippen molar-refractivity contribution in [2.75, 3.05) is 31.1 Å².